The van der Waals surface area contributed by atoms with E-state index in [1.165, 1.54) is 25.3 Å². The molecule has 0 aromatic heterocycles. The second-order valence-corrected chi connectivity index (χ2v) is 7.64. The van der Waals surface area contributed by atoms with E-state index in [9.17, 15) is 14.9 Å². The van der Waals surface area contributed by atoms with Gasteiger partial charge in [-0.1, -0.05) is 30.7 Å². The van der Waals surface area contributed by atoms with Crippen LogP contribution in [-0.4, -0.2) is 49.0 Å². The Labute approximate surface area is 182 Å². The number of carbonyl (C=O) groups is 1. The SMILES string of the molecule is COc1ccc(C(CNC(=O)CCNc2ccccc2[N+](=O)[O-])N2CCCCC2)cc1. The lowest BCUT2D eigenvalue weighted by atomic mass is 10.0. The number of nitrogens with one attached hydrogen (secondary N) is 2. The Morgan fingerprint density at radius 3 is 2.52 bits per heavy atom. The van der Waals surface area contributed by atoms with Gasteiger partial charge in [-0.25, -0.2) is 0 Å². The second kappa shape index (κ2) is 11.3. The molecule has 2 aromatic rings. The van der Waals surface area contributed by atoms with E-state index in [0.717, 1.165) is 24.4 Å². The Morgan fingerprint density at radius 1 is 1.13 bits per heavy atom. The van der Waals surface area contributed by atoms with Crippen molar-refractivity contribution < 1.29 is 14.5 Å². The molecule has 1 heterocycles. The van der Waals surface area contributed by atoms with Gasteiger partial charge in [0.05, 0.1) is 18.1 Å². The molecule has 1 aliphatic rings. The van der Waals surface area contributed by atoms with Crippen LogP contribution in [0.5, 0.6) is 5.75 Å². The summed E-state index contributed by atoms with van der Waals surface area (Å²) in [5.74, 6) is 0.730. The zero-order valence-electron chi connectivity index (χ0n) is 17.9. The third kappa shape index (κ3) is 6.42. The maximum absolute atomic E-state index is 12.4. The molecule has 8 heteroatoms. The van der Waals surface area contributed by atoms with Crippen LogP contribution >= 0.6 is 0 Å². The highest BCUT2D eigenvalue weighted by molar-refractivity contribution is 5.76. The Balaban J connectivity index is 1.55. The topological polar surface area (TPSA) is 96.7 Å². The molecule has 0 saturated carbocycles. The van der Waals surface area contributed by atoms with Crippen molar-refractivity contribution >= 4 is 17.3 Å². The van der Waals surface area contributed by atoms with Crippen LogP contribution in [-0.2, 0) is 4.79 Å². The molecule has 1 fully saturated rings. The molecule has 1 unspecified atom stereocenters. The Morgan fingerprint density at radius 2 is 1.84 bits per heavy atom. The molecule has 0 radical (unpaired) electrons. The quantitative estimate of drug-likeness (QED) is 0.444. The Hall–Kier alpha value is -3.13. The number of rotatable bonds is 10. The van der Waals surface area contributed by atoms with Gasteiger partial charge in [0.25, 0.3) is 5.69 Å². The van der Waals surface area contributed by atoms with E-state index in [-0.39, 0.29) is 24.1 Å². The van der Waals surface area contributed by atoms with Gasteiger partial charge in [0.15, 0.2) is 0 Å². The van der Waals surface area contributed by atoms with Crippen molar-refractivity contribution in [1.29, 1.82) is 0 Å². The first-order valence-electron chi connectivity index (χ1n) is 10.7. The summed E-state index contributed by atoms with van der Waals surface area (Å²) in [6, 6.07) is 14.6. The molecule has 3 rings (SSSR count). The third-order valence-electron chi connectivity index (χ3n) is 5.59. The van der Waals surface area contributed by atoms with Crippen molar-refractivity contribution in [2.75, 3.05) is 38.6 Å². The molecule has 8 nitrogen and oxygen atoms in total. The van der Waals surface area contributed by atoms with Crippen LogP contribution in [0.15, 0.2) is 48.5 Å². The fourth-order valence-electron chi connectivity index (χ4n) is 3.91. The van der Waals surface area contributed by atoms with Gasteiger partial charge in [-0.15, -0.1) is 0 Å². The molecule has 0 bridgehead atoms. The predicted molar refractivity (Wildman–Crippen MR) is 120 cm³/mol. The molecule has 2 N–H and O–H groups in total. The van der Waals surface area contributed by atoms with Gasteiger partial charge in [-0.05, 0) is 49.7 Å². The van der Waals surface area contributed by atoms with Crippen molar-refractivity contribution in [3.8, 4) is 5.75 Å². The van der Waals surface area contributed by atoms with Crippen LogP contribution in [0, 0.1) is 10.1 Å². The van der Waals surface area contributed by atoms with Gasteiger partial charge in [0.2, 0.25) is 5.91 Å². The number of likely N-dealkylation sites (tertiary alicyclic amines) is 1. The summed E-state index contributed by atoms with van der Waals surface area (Å²) in [7, 11) is 1.65. The van der Waals surface area contributed by atoms with E-state index >= 15 is 0 Å². The van der Waals surface area contributed by atoms with Gasteiger partial charge in [0, 0.05) is 25.6 Å². The van der Waals surface area contributed by atoms with Gasteiger partial charge in [-0.2, -0.15) is 0 Å². The molecule has 2 aromatic carbocycles. The molecule has 1 saturated heterocycles. The van der Waals surface area contributed by atoms with Crippen LogP contribution in [0.1, 0.15) is 37.3 Å². The summed E-state index contributed by atoms with van der Waals surface area (Å²) in [4.78, 5) is 25.5. The average Bonchev–Trinajstić information content (AvgIpc) is 2.80. The summed E-state index contributed by atoms with van der Waals surface area (Å²) < 4.78 is 5.26. The van der Waals surface area contributed by atoms with Crippen molar-refractivity contribution in [3.63, 3.8) is 0 Å². The number of para-hydroxylation sites is 2. The molecule has 0 aliphatic carbocycles. The molecule has 1 atom stereocenters. The lowest BCUT2D eigenvalue weighted by Crippen LogP contribution is -2.40. The lowest BCUT2D eigenvalue weighted by Gasteiger charge is -2.35. The predicted octanol–water partition coefficient (Wildman–Crippen LogP) is 3.75. The van der Waals surface area contributed by atoms with E-state index in [0.29, 0.717) is 18.8 Å². The zero-order valence-corrected chi connectivity index (χ0v) is 17.9. The van der Waals surface area contributed by atoms with E-state index in [1.54, 1.807) is 25.3 Å². The highest BCUT2D eigenvalue weighted by atomic mass is 16.6. The molecular weight excluding hydrogens is 396 g/mol. The number of amides is 1. The molecule has 1 amide bonds. The minimum Gasteiger partial charge on any atom is -0.497 e. The smallest absolute Gasteiger partial charge is 0.292 e. The number of nitrogens with zero attached hydrogens (tertiary/aromatic N) is 2. The number of ether oxygens (including phenoxy) is 1. The van der Waals surface area contributed by atoms with Crippen molar-refractivity contribution in [3.05, 3.63) is 64.2 Å². The fourth-order valence-corrected chi connectivity index (χ4v) is 3.91. The van der Waals surface area contributed by atoms with Gasteiger partial charge in [0.1, 0.15) is 11.4 Å². The molecule has 0 spiro atoms. The molecule has 31 heavy (non-hydrogen) atoms. The van der Waals surface area contributed by atoms with Crippen LogP contribution in [0.25, 0.3) is 0 Å². The largest absolute Gasteiger partial charge is 0.497 e. The lowest BCUT2D eigenvalue weighted by molar-refractivity contribution is -0.384. The highest BCUT2D eigenvalue weighted by Gasteiger charge is 2.23. The van der Waals surface area contributed by atoms with E-state index < -0.39 is 4.92 Å². The monoisotopic (exact) mass is 426 g/mol. The first-order chi connectivity index (χ1) is 15.1. The highest BCUT2D eigenvalue weighted by Crippen LogP contribution is 2.26. The fraction of sp³-hybridized carbons (Fsp3) is 0.435. The standard InChI is InChI=1S/C23H30N4O4/c1-31-19-11-9-18(10-12-19)22(26-15-5-2-6-16-26)17-25-23(28)13-14-24-20-7-3-4-8-21(20)27(29)30/h3-4,7-12,22,24H,2,5-6,13-17H2,1H3,(H,25,28). The van der Waals surface area contributed by atoms with Crippen molar-refractivity contribution in [2.45, 2.75) is 31.7 Å². The Kier molecular flexibility index (Phi) is 8.23. The number of benzene rings is 2. The number of methoxy groups -OCH3 is 1. The second-order valence-electron chi connectivity index (χ2n) is 7.64. The first-order valence-corrected chi connectivity index (χ1v) is 10.7. The van der Waals surface area contributed by atoms with Gasteiger partial charge >= 0.3 is 0 Å². The van der Waals surface area contributed by atoms with Crippen molar-refractivity contribution in [1.82, 2.24) is 10.2 Å². The van der Waals surface area contributed by atoms with Crippen LogP contribution < -0.4 is 15.4 Å². The van der Waals surface area contributed by atoms with E-state index in [1.807, 2.05) is 12.1 Å². The number of nitro groups is 1. The van der Waals surface area contributed by atoms with Crippen LogP contribution in [0.4, 0.5) is 11.4 Å². The molecular formula is C23H30N4O4. The third-order valence-corrected chi connectivity index (χ3v) is 5.59. The summed E-state index contributed by atoms with van der Waals surface area (Å²) in [6.45, 7) is 2.89. The summed E-state index contributed by atoms with van der Waals surface area (Å²) in [5.41, 5.74) is 1.58. The zero-order chi connectivity index (χ0) is 22.1. The normalized spacial score (nSPS) is 15.1. The Bertz CT molecular complexity index is 866. The number of carbonyl (C=O) groups excluding carboxylic acids is 1. The minimum absolute atomic E-state index is 0.00702. The maximum Gasteiger partial charge on any atom is 0.292 e. The molecule has 1 aliphatic heterocycles. The minimum atomic E-state index is -0.430. The first kappa shape index (κ1) is 22.6. The van der Waals surface area contributed by atoms with Crippen LogP contribution in [0.3, 0.4) is 0 Å². The van der Waals surface area contributed by atoms with Crippen molar-refractivity contribution in [2.24, 2.45) is 0 Å². The van der Waals surface area contributed by atoms with Gasteiger partial charge < -0.3 is 15.4 Å². The van der Waals surface area contributed by atoms with E-state index in [4.69, 9.17) is 4.74 Å². The summed E-state index contributed by atoms with van der Waals surface area (Å²) in [5, 5.41) is 17.1. The number of hydrogen-bond donors (Lipinski definition) is 2. The number of nitro benzene ring substituents is 1. The van der Waals surface area contributed by atoms with Crippen LogP contribution in [0.2, 0.25) is 0 Å². The summed E-state index contributed by atoms with van der Waals surface area (Å²) >= 11 is 0. The molecule has 166 valence electrons. The maximum atomic E-state index is 12.4. The number of hydrogen-bond acceptors (Lipinski definition) is 6. The number of anilines is 1. The number of piperidine rings is 1. The van der Waals surface area contributed by atoms with E-state index in [2.05, 4.69) is 27.7 Å². The average molecular weight is 427 g/mol. The van der Waals surface area contributed by atoms with Gasteiger partial charge in [-0.3, -0.25) is 19.8 Å². The summed E-state index contributed by atoms with van der Waals surface area (Å²) in [6.07, 6.45) is 3.82.